The Hall–Kier alpha value is -3.84. The molecule has 2 heterocycles. The summed E-state index contributed by atoms with van der Waals surface area (Å²) in [5.41, 5.74) is 3.29. The predicted molar refractivity (Wildman–Crippen MR) is 137 cm³/mol. The molecule has 1 amide bonds. The first-order valence-electron chi connectivity index (χ1n) is 10.9. The van der Waals surface area contributed by atoms with Crippen LogP contribution in [0, 0.1) is 13.8 Å². The summed E-state index contributed by atoms with van der Waals surface area (Å²) in [4.78, 5) is 18.7. The SMILES string of the molecule is COc1cccc(C(Nc2cccc(C)n2)c2cc(C)sc2NC(=O)c2ccccc2)c1OC. The molecule has 2 aromatic carbocycles. The minimum absolute atomic E-state index is 0.159. The van der Waals surface area contributed by atoms with Gasteiger partial charge >= 0.3 is 0 Å². The number of nitrogens with zero attached hydrogens (tertiary/aromatic N) is 1. The van der Waals surface area contributed by atoms with E-state index >= 15 is 0 Å². The van der Waals surface area contributed by atoms with Crippen LogP contribution in [0.5, 0.6) is 11.5 Å². The normalized spacial score (nSPS) is 11.5. The van der Waals surface area contributed by atoms with Gasteiger partial charge in [0, 0.05) is 27.3 Å². The monoisotopic (exact) mass is 473 g/mol. The van der Waals surface area contributed by atoms with E-state index in [0.717, 1.165) is 32.5 Å². The second kappa shape index (κ2) is 10.4. The van der Waals surface area contributed by atoms with Crippen molar-refractivity contribution in [1.29, 1.82) is 0 Å². The lowest BCUT2D eigenvalue weighted by Crippen LogP contribution is -2.18. The summed E-state index contributed by atoms with van der Waals surface area (Å²) in [6, 6.07) is 22.5. The molecule has 34 heavy (non-hydrogen) atoms. The molecule has 174 valence electrons. The van der Waals surface area contributed by atoms with Crippen LogP contribution >= 0.6 is 11.3 Å². The summed E-state index contributed by atoms with van der Waals surface area (Å²) >= 11 is 1.53. The van der Waals surface area contributed by atoms with Crippen molar-refractivity contribution in [2.45, 2.75) is 19.9 Å². The third kappa shape index (κ3) is 5.05. The molecule has 4 aromatic rings. The van der Waals surface area contributed by atoms with E-state index in [0.29, 0.717) is 17.1 Å². The first-order valence-corrected chi connectivity index (χ1v) is 11.7. The molecular formula is C27H27N3O3S. The summed E-state index contributed by atoms with van der Waals surface area (Å²) in [6.07, 6.45) is 0. The Morgan fingerprint density at radius 2 is 1.68 bits per heavy atom. The number of methoxy groups -OCH3 is 2. The molecule has 0 bridgehead atoms. The topological polar surface area (TPSA) is 72.5 Å². The van der Waals surface area contributed by atoms with Crippen LogP contribution in [0.4, 0.5) is 10.8 Å². The van der Waals surface area contributed by atoms with E-state index in [1.54, 1.807) is 26.4 Å². The van der Waals surface area contributed by atoms with Crippen molar-refractivity contribution in [3.05, 3.63) is 100 Å². The van der Waals surface area contributed by atoms with Crippen LogP contribution in [0.15, 0.2) is 72.8 Å². The van der Waals surface area contributed by atoms with Crippen LogP contribution in [0.3, 0.4) is 0 Å². The van der Waals surface area contributed by atoms with Crippen LogP contribution < -0.4 is 20.1 Å². The van der Waals surface area contributed by atoms with Gasteiger partial charge in [0.25, 0.3) is 5.91 Å². The maximum atomic E-state index is 13.0. The predicted octanol–water partition coefficient (Wildman–Crippen LogP) is 6.23. The largest absolute Gasteiger partial charge is 0.493 e. The fourth-order valence-corrected chi connectivity index (χ4v) is 4.79. The highest BCUT2D eigenvalue weighted by molar-refractivity contribution is 7.16. The number of nitrogens with one attached hydrogen (secondary N) is 2. The van der Waals surface area contributed by atoms with Gasteiger partial charge in [-0.3, -0.25) is 4.79 Å². The van der Waals surface area contributed by atoms with E-state index in [9.17, 15) is 4.79 Å². The van der Waals surface area contributed by atoms with Gasteiger partial charge in [-0.25, -0.2) is 4.98 Å². The maximum Gasteiger partial charge on any atom is 0.256 e. The second-order valence-corrected chi connectivity index (χ2v) is 9.04. The molecule has 0 aliphatic carbocycles. The number of hydrogen-bond acceptors (Lipinski definition) is 6. The quantitative estimate of drug-likeness (QED) is 0.317. The van der Waals surface area contributed by atoms with Crippen molar-refractivity contribution < 1.29 is 14.3 Å². The number of para-hydroxylation sites is 1. The van der Waals surface area contributed by atoms with Crippen LogP contribution in [0.1, 0.15) is 38.1 Å². The van der Waals surface area contributed by atoms with Gasteiger partial charge in [-0.2, -0.15) is 0 Å². The standard InChI is InChI=1S/C27H27N3O3S/c1-17-10-8-15-23(28-17)29-24(20-13-9-14-22(32-3)25(20)33-4)21-16-18(2)34-27(21)30-26(31)19-11-6-5-7-12-19/h5-16,24H,1-4H3,(H,28,29)(H,30,31). The third-order valence-electron chi connectivity index (χ3n) is 5.38. The molecule has 0 saturated carbocycles. The summed E-state index contributed by atoms with van der Waals surface area (Å²) in [5.74, 6) is 1.82. The second-order valence-electron chi connectivity index (χ2n) is 7.79. The van der Waals surface area contributed by atoms with E-state index in [1.807, 2.05) is 68.4 Å². The lowest BCUT2D eigenvalue weighted by molar-refractivity contribution is 0.102. The smallest absolute Gasteiger partial charge is 0.256 e. The number of aromatic nitrogens is 1. The summed E-state index contributed by atoms with van der Waals surface area (Å²) in [7, 11) is 3.24. The number of pyridine rings is 1. The number of aryl methyl sites for hydroxylation is 2. The Balaban J connectivity index is 1.81. The Morgan fingerprint density at radius 1 is 0.912 bits per heavy atom. The van der Waals surface area contributed by atoms with Gasteiger partial charge in [0.05, 0.1) is 20.3 Å². The summed E-state index contributed by atoms with van der Waals surface area (Å²) < 4.78 is 11.3. The highest BCUT2D eigenvalue weighted by Gasteiger charge is 2.26. The third-order valence-corrected chi connectivity index (χ3v) is 6.36. The summed E-state index contributed by atoms with van der Waals surface area (Å²) in [5, 5.41) is 7.43. The van der Waals surface area contributed by atoms with Crippen molar-refractivity contribution in [1.82, 2.24) is 4.98 Å². The molecule has 0 fully saturated rings. The molecule has 7 heteroatoms. The maximum absolute atomic E-state index is 13.0. The van der Waals surface area contributed by atoms with Gasteiger partial charge in [0.15, 0.2) is 11.5 Å². The fourth-order valence-electron chi connectivity index (χ4n) is 3.84. The van der Waals surface area contributed by atoms with Gasteiger partial charge in [-0.15, -0.1) is 11.3 Å². The van der Waals surface area contributed by atoms with E-state index in [4.69, 9.17) is 9.47 Å². The number of carbonyl (C=O) groups excluding carboxylic acids is 1. The Kier molecular flexibility index (Phi) is 7.13. The number of anilines is 2. The van der Waals surface area contributed by atoms with Crippen LogP contribution in [-0.4, -0.2) is 25.1 Å². The van der Waals surface area contributed by atoms with Gasteiger partial charge < -0.3 is 20.1 Å². The molecule has 4 rings (SSSR count). The zero-order valence-electron chi connectivity index (χ0n) is 19.6. The molecule has 0 aliphatic rings. The first kappa shape index (κ1) is 23.3. The van der Waals surface area contributed by atoms with Crippen LogP contribution in [0.2, 0.25) is 0 Å². The number of amides is 1. The van der Waals surface area contributed by atoms with Gasteiger partial charge in [-0.1, -0.05) is 36.4 Å². The summed E-state index contributed by atoms with van der Waals surface area (Å²) in [6.45, 7) is 3.98. The number of hydrogen-bond donors (Lipinski definition) is 2. The van der Waals surface area contributed by atoms with Crippen molar-refractivity contribution in [2.75, 3.05) is 24.9 Å². The van der Waals surface area contributed by atoms with E-state index in [2.05, 4.69) is 21.7 Å². The molecule has 6 nitrogen and oxygen atoms in total. The lowest BCUT2D eigenvalue weighted by Gasteiger charge is -2.24. The molecule has 0 aliphatic heterocycles. The van der Waals surface area contributed by atoms with Crippen LogP contribution in [0.25, 0.3) is 0 Å². The van der Waals surface area contributed by atoms with E-state index < -0.39 is 0 Å². The average molecular weight is 474 g/mol. The van der Waals surface area contributed by atoms with Gasteiger partial charge in [0.1, 0.15) is 10.8 Å². The molecule has 1 atom stereocenters. The zero-order chi connectivity index (χ0) is 24.1. The van der Waals surface area contributed by atoms with Crippen molar-refractivity contribution in [3.63, 3.8) is 0 Å². The molecule has 1 unspecified atom stereocenters. The lowest BCUT2D eigenvalue weighted by atomic mass is 9.98. The van der Waals surface area contributed by atoms with Crippen molar-refractivity contribution in [3.8, 4) is 11.5 Å². The molecule has 2 aromatic heterocycles. The molecule has 2 N–H and O–H groups in total. The molecule has 0 spiro atoms. The molecular weight excluding hydrogens is 446 g/mol. The van der Waals surface area contributed by atoms with Gasteiger partial charge in [0.2, 0.25) is 0 Å². The first-order chi connectivity index (χ1) is 16.5. The van der Waals surface area contributed by atoms with Crippen molar-refractivity contribution in [2.24, 2.45) is 0 Å². The molecule has 0 saturated heterocycles. The van der Waals surface area contributed by atoms with E-state index in [-0.39, 0.29) is 11.9 Å². The Labute approximate surface area is 203 Å². The number of ether oxygens (including phenoxy) is 2. The average Bonchev–Trinajstić information content (AvgIpc) is 3.22. The van der Waals surface area contributed by atoms with E-state index in [1.165, 1.54) is 11.3 Å². The number of carbonyl (C=O) groups is 1. The highest BCUT2D eigenvalue weighted by Crippen LogP contribution is 2.43. The fraction of sp³-hybridized carbons (Fsp3) is 0.185. The minimum atomic E-state index is -0.352. The van der Waals surface area contributed by atoms with Crippen molar-refractivity contribution >= 4 is 28.1 Å². The minimum Gasteiger partial charge on any atom is -0.493 e. The zero-order valence-corrected chi connectivity index (χ0v) is 20.4. The molecule has 0 radical (unpaired) electrons. The number of benzene rings is 2. The number of thiophene rings is 1. The highest BCUT2D eigenvalue weighted by atomic mass is 32.1. The van der Waals surface area contributed by atoms with Gasteiger partial charge in [-0.05, 0) is 50.2 Å². The Morgan fingerprint density at radius 3 is 2.38 bits per heavy atom. The number of rotatable bonds is 8. The van der Waals surface area contributed by atoms with Crippen LogP contribution in [-0.2, 0) is 0 Å². The Bertz CT molecular complexity index is 1290.